The van der Waals surface area contributed by atoms with Crippen LogP contribution in [0.3, 0.4) is 0 Å². The minimum atomic E-state index is -0.825. The average molecular weight is 833 g/mol. The molecule has 0 saturated heterocycles. The van der Waals surface area contributed by atoms with Crippen molar-refractivity contribution in [2.75, 3.05) is 13.2 Å². The smallest absolute Gasteiger partial charge is 0.309 e. The van der Waals surface area contributed by atoms with Gasteiger partial charge in [-0.15, -0.1) is 0 Å². The number of carbonyl (C=O) groups excluding carboxylic acids is 3. The molecule has 340 valence electrons. The quantitative estimate of drug-likeness (QED) is 0.0200. The molecule has 6 nitrogen and oxygen atoms in total. The van der Waals surface area contributed by atoms with Crippen molar-refractivity contribution in [3.63, 3.8) is 0 Å². The van der Waals surface area contributed by atoms with Gasteiger partial charge in [0.05, 0.1) is 6.42 Å². The summed E-state index contributed by atoms with van der Waals surface area (Å²) < 4.78 is 16.6. The topological polar surface area (TPSA) is 78.9 Å². The lowest BCUT2D eigenvalue weighted by Gasteiger charge is -2.18. The van der Waals surface area contributed by atoms with E-state index in [-0.39, 0.29) is 38.0 Å². The zero-order chi connectivity index (χ0) is 43.7. The van der Waals surface area contributed by atoms with Gasteiger partial charge in [-0.3, -0.25) is 14.4 Å². The van der Waals surface area contributed by atoms with Gasteiger partial charge >= 0.3 is 17.9 Å². The molecule has 0 spiro atoms. The summed E-state index contributed by atoms with van der Waals surface area (Å²) in [4.78, 5) is 37.7. The Morgan fingerprint density at radius 3 is 1.27 bits per heavy atom. The third-order valence-electron chi connectivity index (χ3n) is 9.86. The number of rotatable bonds is 42. The van der Waals surface area contributed by atoms with Gasteiger partial charge in [0.1, 0.15) is 13.2 Å². The lowest BCUT2D eigenvalue weighted by atomic mass is 10.1. The first-order valence-electron chi connectivity index (χ1n) is 24.3. The van der Waals surface area contributed by atoms with E-state index < -0.39 is 12.1 Å². The van der Waals surface area contributed by atoms with Gasteiger partial charge in [-0.25, -0.2) is 0 Å². The van der Waals surface area contributed by atoms with E-state index in [1.54, 1.807) is 6.08 Å². The van der Waals surface area contributed by atoms with Crippen molar-refractivity contribution in [2.45, 2.75) is 213 Å². The first-order valence-corrected chi connectivity index (χ1v) is 24.3. The summed E-state index contributed by atoms with van der Waals surface area (Å²) in [6.45, 7) is 6.24. The number of unbranched alkanes of at least 4 members (excludes halogenated alkanes) is 17. The molecule has 0 aliphatic rings. The molecule has 1 unspecified atom stereocenters. The van der Waals surface area contributed by atoms with E-state index >= 15 is 0 Å². The highest BCUT2D eigenvalue weighted by atomic mass is 16.6. The summed E-state index contributed by atoms with van der Waals surface area (Å²) in [6, 6.07) is 0. The Kier molecular flexibility index (Phi) is 45.1. The summed E-state index contributed by atoms with van der Waals surface area (Å²) in [5.74, 6) is -1.08. The Bertz CT molecular complexity index is 1230. The number of ether oxygens (including phenoxy) is 3. The molecule has 0 amide bonds. The zero-order valence-electron chi connectivity index (χ0n) is 38.7. The molecule has 1 atom stereocenters. The van der Waals surface area contributed by atoms with Gasteiger partial charge in [0.15, 0.2) is 6.10 Å². The van der Waals surface area contributed by atoms with Gasteiger partial charge in [-0.1, -0.05) is 195 Å². The van der Waals surface area contributed by atoms with Crippen LogP contribution in [0.1, 0.15) is 207 Å². The van der Waals surface area contributed by atoms with Crippen molar-refractivity contribution in [1.29, 1.82) is 0 Å². The highest BCUT2D eigenvalue weighted by Gasteiger charge is 2.19. The maximum absolute atomic E-state index is 12.7. The van der Waals surface area contributed by atoms with E-state index in [1.165, 1.54) is 77.0 Å². The fourth-order valence-corrected chi connectivity index (χ4v) is 6.27. The summed E-state index contributed by atoms with van der Waals surface area (Å²) in [5, 5.41) is 0. The summed E-state index contributed by atoms with van der Waals surface area (Å²) >= 11 is 0. The van der Waals surface area contributed by atoms with E-state index in [0.717, 1.165) is 89.9 Å². The molecule has 0 radical (unpaired) electrons. The number of esters is 3. The summed E-state index contributed by atoms with van der Waals surface area (Å²) in [5.41, 5.74) is 0. The second kappa shape index (κ2) is 48.0. The van der Waals surface area contributed by atoms with Crippen LogP contribution in [-0.2, 0) is 28.6 Å². The molecule has 0 fully saturated rings. The maximum Gasteiger partial charge on any atom is 0.309 e. The summed E-state index contributed by atoms with van der Waals surface area (Å²) in [7, 11) is 0. The number of carbonyl (C=O) groups is 3. The van der Waals surface area contributed by atoms with Crippen LogP contribution in [0.2, 0.25) is 0 Å². The number of hydrogen-bond acceptors (Lipinski definition) is 6. The largest absolute Gasteiger partial charge is 0.462 e. The third kappa shape index (κ3) is 45.4. The van der Waals surface area contributed by atoms with Gasteiger partial charge < -0.3 is 14.2 Å². The SMILES string of the molecule is CC/C=C\C/C=C\C/C=C\CCCCCCC(=O)OC(COC(=O)C/C=C\C/C=C\C/C=C\CC)COC(=O)CCCCCCCCCCCC/C=C\C=C/CCCCC. The molecule has 0 rings (SSSR count). The predicted octanol–water partition coefficient (Wildman–Crippen LogP) is 15.8. The van der Waals surface area contributed by atoms with Gasteiger partial charge in [-0.2, -0.15) is 0 Å². The molecule has 0 aromatic rings. The van der Waals surface area contributed by atoms with Crippen LogP contribution in [0.4, 0.5) is 0 Å². The van der Waals surface area contributed by atoms with Gasteiger partial charge in [0, 0.05) is 12.8 Å². The molecular formula is C54H88O6. The molecular weight excluding hydrogens is 745 g/mol. The molecule has 6 heteroatoms. The van der Waals surface area contributed by atoms with E-state index in [9.17, 15) is 14.4 Å². The molecule has 0 heterocycles. The van der Waals surface area contributed by atoms with Crippen molar-refractivity contribution in [2.24, 2.45) is 0 Å². The van der Waals surface area contributed by atoms with E-state index in [2.05, 4.69) is 106 Å². The van der Waals surface area contributed by atoms with Gasteiger partial charge in [0.25, 0.3) is 0 Å². The van der Waals surface area contributed by atoms with Gasteiger partial charge in [-0.05, 0) is 89.9 Å². The minimum Gasteiger partial charge on any atom is -0.462 e. The highest BCUT2D eigenvalue weighted by molar-refractivity contribution is 5.72. The standard InChI is InChI=1S/C54H88O6/c1-4-7-10-13-16-19-21-23-25-26-27-28-29-31-32-35-38-41-44-47-53(56)59-50-51(49-58-52(55)46-43-40-37-34-18-15-12-9-6-3)60-54(57)48-45-42-39-36-33-30-24-22-20-17-14-11-8-5-2/h8-9,11-12,16-21,23-24,30,34,40,43,51H,4-7,10,13-15,22,25-29,31-33,35-39,41-42,44-50H2,1-3H3/b11-8-,12-9-,19-16-,20-17-,23-21-,30-24-,34-18-,43-40-. The molecule has 0 aromatic heterocycles. The Hall–Kier alpha value is -3.67. The minimum absolute atomic E-state index is 0.117. The van der Waals surface area contributed by atoms with E-state index in [1.807, 2.05) is 6.08 Å². The predicted molar refractivity (Wildman–Crippen MR) is 256 cm³/mol. The molecule has 0 aliphatic carbocycles. The second-order valence-electron chi connectivity index (χ2n) is 15.6. The third-order valence-corrected chi connectivity index (χ3v) is 9.86. The molecule has 0 aliphatic heterocycles. The lowest BCUT2D eigenvalue weighted by Crippen LogP contribution is -2.30. The normalized spacial score (nSPS) is 12.9. The Morgan fingerprint density at radius 2 is 0.767 bits per heavy atom. The van der Waals surface area contributed by atoms with Crippen LogP contribution in [0, 0.1) is 0 Å². The highest BCUT2D eigenvalue weighted by Crippen LogP contribution is 2.14. The lowest BCUT2D eigenvalue weighted by molar-refractivity contribution is -0.166. The van der Waals surface area contributed by atoms with Crippen LogP contribution in [0.15, 0.2) is 97.2 Å². The van der Waals surface area contributed by atoms with Crippen LogP contribution in [0.25, 0.3) is 0 Å². The molecule has 0 aromatic carbocycles. The monoisotopic (exact) mass is 833 g/mol. The van der Waals surface area contributed by atoms with Crippen LogP contribution < -0.4 is 0 Å². The first-order chi connectivity index (χ1) is 29.5. The maximum atomic E-state index is 12.7. The zero-order valence-corrected chi connectivity index (χ0v) is 38.7. The van der Waals surface area contributed by atoms with Crippen LogP contribution in [-0.4, -0.2) is 37.2 Å². The number of hydrogen-bond donors (Lipinski definition) is 0. The van der Waals surface area contributed by atoms with Crippen LogP contribution >= 0.6 is 0 Å². The van der Waals surface area contributed by atoms with Crippen molar-refractivity contribution in [3.05, 3.63) is 97.2 Å². The van der Waals surface area contributed by atoms with Gasteiger partial charge in [0.2, 0.25) is 0 Å². The van der Waals surface area contributed by atoms with Crippen molar-refractivity contribution >= 4 is 17.9 Å². The van der Waals surface area contributed by atoms with Crippen molar-refractivity contribution in [1.82, 2.24) is 0 Å². The fraction of sp³-hybridized carbons (Fsp3) is 0.648. The van der Waals surface area contributed by atoms with Crippen molar-refractivity contribution < 1.29 is 28.6 Å². The van der Waals surface area contributed by atoms with Crippen LogP contribution in [0.5, 0.6) is 0 Å². The molecule has 0 bridgehead atoms. The van der Waals surface area contributed by atoms with E-state index in [4.69, 9.17) is 14.2 Å². The molecule has 0 N–H and O–H groups in total. The van der Waals surface area contributed by atoms with Crippen molar-refractivity contribution in [3.8, 4) is 0 Å². The first kappa shape index (κ1) is 56.3. The molecule has 0 saturated carbocycles. The Morgan fingerprint density at radius 1 is 0.383 bits per heavy atom. The molecule has 60 heavy (non-hydrogen) atoms. The average Bonchev–Trinajstić information content (AvgIpc) is 3.24. The Balaban J connectivity index is 4.40. The summed E-state index contributed by atoms with van der Waals surface area (Å²) in [6.07, 6.45) is 62.8. The Labute approximate surface area is 368 Å². The fourth-order valence-electron chi connectivity index (χ4n) is 6.27. The number of allylic oxidation sites excluding steroid dienone is 15. The van der Waals surface area contributed by atoms with E-state index in [0.29, 0.717) is 6.42 Å². The second-order valence-corrected chi connectivity index (χ2v) is 15.6.